The van der Waals surface area contributed by atoms with Crippen LogP contribution in [0.5, 0.6) is 0 Å². The van der Waals surface area contributed by atoms with Crippen LogP contribution in [0.3, 0.4) is 0 Å². The molecule has 1 atom stereocenters. The van der Waals surface area contributed by atoms with Crippen molar-refractivity contribution >= 4 is 39.6 Å². The van der Waals surface area contributed by atoms with Crippen LogP contribution >= 0.6 is 23.5 Å². The van der Waals surface area contributed by atoms with Crippen molar-refractivity contribution in [1.82, 2.24) is 0 Å². The molecule has 0 spiro atoms. The third-order valence-electron chi connectivity index (χ3n) is 2.05. The first-order valence-corrected chi connectivity index (χ1v) is 6.55. The van der Waals surface area contributed by atoms with Crippen LogP contribution in [0.15, 0.2) is 33.4 Å². The molecule has 0 amide bonds. The molecule has 17 heavy (non-hydrogen) atoms. The SMILES string of the molecule is C=C1C=C(OC)N=C(C2=N[C@@H](C(=O)O)CS2)S1. The lowest BCUT2D eigenvalue weighted by atomic mass is 10.4. The van der Waals surface area contributed by atoms with Gasteiger partial charge in [0.15, 0.2) is 6.04 Å². The van der Waals surface area contributed by atoms with E-state index < -0.39 is 12.0 Å². The summed E-state index contributed by atoms with van der Waals surface area (Å²) in [7, 11) is 1.53. The van der Waals surface area contributed by atoms with E-state index in [4.69, 9.17) is 9.84 Å². The highest BCUT2D eigenvalue weighted by atomic mass is 32.2. The first-order valence-electron chi connectivity index (χ1n) is 4.75. The summed E-state index contributed by atoms with van der Waals surface area (Å²) in [6.07, 6.45) is 1.73. The van der Waals surface area contributed by atoms with Gasteiger partial charge in [-0.1, -0.05) is 18.3 Å². The van der Waals surface area contributed by atoms with Gasteiger partial charge in [0, 0.05) is 16.7 Å². The number of carboxylic acid groups (broad SMARTS) is 1. The summed E-state index contributed by atoms with van der Waals surface area (Å²) in [5.74, 6) is 0.00372. The number of allylic oxidation sites excluding steroid dienone is 1. The number of carboxylic acids is 1. The molecule has 90 valence electrons. The third-order valence-corrected chi connectivity index (χ3v) is 4.09. The molecule has 2 aliphatic heterocycles. The molecule has 0 unspecified atom stereocenters. The monoisotopic (exact) mass is 270 g/mol. The molecule has 0 fully saturated rings. The average molecular weight is 270 g/mol. The molecule has 2 heterocycles. The molecule has 0 saturated carbocycles. The normalized spacial score (nSPS) is 23.9. The van der Waals surface area contributed by atoms with Crippen molar-refractivity contribution in [3.63, 3.8) is 0 Å². The number of thioether (sulfide) groups is 2. The van der Waals surface area contributed by atoms with Crippen LogP contribution in [0.4, 0.5) is 0 Å². The molecular formula is C10H10N2O3S2. The van der Waals surface area contributed by atoms with E-state index in [1.165, 1.54) is 30.6 Å². The second-order valence-corrected chi connectivity index (χ2v) is 5.40. The summed E-state index contributed by atoms with van der Waals surface area (Å²) in [4.78, 5) is 20.0. The smallest absolute Gasteiger partial charge is 0.329 e. The van der Waals surface area contributed by atoms with Gasteiger partial charge in [0.05, 0.1) is 7.11 Å². The second-order valence-electron chi connectivity index (χ2n) is 3.27. The first kappa shape index (κ1) is 12.3. The summed E-state index contributed by atoms with van der Waals surface area (Å²) < 4.78 is 5.04. The van der Waals surface area contributed by atoms with Gasteiger partial charge in [0.25, 0.3) is 0 Å². The van der Waals surface area contributed by atoms with Crippen molar-refractivity contribution in [3.8, 4) is 0 Å². The fraction of sp³-hybridized carbons (Fsp3) is 0.300. The Balaban J connectivity index is 2.22. The summed E-state index contributed by atoms with van der Waals surface area (Å²) in [5.41, 5.74) is 0. The molecule has 0 aromatic rings. The molecule has 0 aromatic heterocycles. The minimum Gasteiger partial charge on any atom is -0.481 e. The number of methoxy groups -OCH3 is 1. The van der Waals surface area contributed by atoms with Gasteiger partial charge in [-0.05, 0) is 0 Å². The number of hydrogen-bond donors (Lipinski definition) is 1. The van der Waals surface area contributed by atoms with Crippen molar-refractivity contribution in [1.29, 1.82) is 0 Å². The van der Waals surface area contributed by atoms with Crippen LogP contribution < -0.4 is 0 Å². The van der Waals surface area contributed by atoms with Crippen molar-refractivity contribution in [2.24, 2.45) is 9.98 Å². The Morgan fingerprint density at radius 1 is 1.65 bits per heavy atom. The largest absolute Gasteiger partial charge is 0.481 e. The van der Waals surface area contributed by atoms with Crippen LogP contribution in [-0.4, -0.2) is 40.1 Å². The van der Waals surface area contributed by atoms with Gasteiger partial charge in [-0.15, -0.1) is 11.8 Å². The molecule has 5 nitrogen and oxygen atoms in total. The van der Waals surface area contributed by atoms with Gasteiger partial charge in [0.2, 0.25) is 5.88 Å². The molecule has 2 rings (SSSR count). The summed E-state index contributed by atoms with van der Waals surface area (Å²) in [6, 6.07) is -0.677. The highest BCUT2D eigenvalue weighted by molar-refractivity contribution is 8.27. The molecular weight excluding hydrogens is 260 g/mol. The fourth-order valence-corrected chi connectivity index (χ4v) is 3.15. The Hall–Kier alpha value is -1.21. The van der Waals surface area contributed by atoms with Gasteiger partial charge >= 0.3 is 5.97 Å². The summed E-state index contributed by atoms with van der Waals surface area (Å²) in [5, 5.41) is 10.2. The van der Waals surface area contributed by atoms with E-state index in [9.17, 15) is 4.79 Å². The lowest BCUT2D eigenvalue weighted by Crippen LogP contribution is -2.17. The van der Waals surface area contributed by atoms with E-state index in [1.807, 2.05) is 0 Å². The van der Waals surface area contributed by atoms with Crippen molar-refractivity contribution in [2.45, 2.75) is 6.04 Å². The predicted molar refractivity (Wildman–Crippen MR) is 70.6 cm³/mol. The predicted octanol–water partition coefficient (Wildman–Crippen LogP) is 1.73. The summed E-state index contributed by atoms with van der Waals surface area (Å²) in [6.45, 7) is 3.83. The first-order chi connectivity index (χ1) is 8.10. The highest BCUT2D eigenvalue weighted by Crippen LogP contribution is 2.31. The van der Waals surface area contributed by atoms with Gasteiger partial charge < -0.3 is 9.84 Å². The highest BCUT2D eigenvalue weighted by Gasteiger charge is 2.28. The third kappa shape index (κ3) is 2.73. The number of nitrogens with zero attached hydrogens (tertiary/aromatic N) is 2. The Morgan fingerprint density at radius 3 is 3.00 bits per heavy atom. The molecule has 0 aromatic carbocycles. The van der Waals surface area contributed by atoms with Gasteiger partial charge in [-0.3, -0.25) is 4.99 Å². The zero-order valence-corrected chi connectivity index (χ0v) is 10.7. The Morgan fingerprint density at radius 2 is 2.41 bits per heavy atom. The van der Waals surface area contributed by atoms with Crippen LogP contribution in [0.2, 0.25) is 0 Å². The Bertz CT molecular complexity index is 468. The average Bonchev–Trinajstić information content (AvgIpc) is 2.77. The van der Waals surface area contributed by atoms with E-state index in [0.29, 0.717) is 21.7 Å². The van der Waals surface area contributed by atoms with Gasteiger partial charge in [-0.25, -0.2) is 9.79 Å². The topological polar surface area (TPSA) is 71.2 Å². The zero-order valence-electron chi connectivity index (χ0n) is 9.04. The number of ether oxygens (including phenoxy) is 1. The minimum atomic E-state index is -0.907. The number of aliphatic imine (C=N–C) groups is 2. The quantitative estimate of drug-likeness (QED) is 0.845. The maximum atomic E-state index is 10.8. The van der Waals surface area contributed by atoms with Crippen molar-refractivity contribution in [3.05, 3.63) is 23.4 Å². The Labute approximate surface area is 107 Å². The molecule has 2 aliphatic rings. The van der Waals surface area contributed by atoms with Crippen LogP contribution in [0, 0.1) is 0 Å². The molecule has 1 N–H and O–H groups in total. The van der Waals surface area contributed by atoms with E-state index in [2.05, 4.69) is 16.6 Å². The lowest BCUT2D eigenvalue weighted by Gasteiger charge is -2.12. The minimum absolute atomic E-state index is 0.447. The maximum Gasteiger partial charge on any atom is 0.329 e. The Kier molecular flexibility index (Phi) is 3.58. The summed E-state index contributed by atoms with van der Waals surface area (Å²) >= 11 is 2.76. The van der Waals surface area contributed by atoms with Gasteiger partial charge in [-0.2, -0.15) is 0 Å². The maximum absolute atomic E-state index is 10.8. The number of rotatable bonds is 3. The van der Waals surface area contributed by atoms with E-state index in [1.54, 1.807) is 6.08 Å². The number of aliphatic carboxylic acids is 1. The molecule has 7 heteroatoms. The lowest BCUT2D eigenvalue weighted by molar-refractivity contribution is -0.137. The van der Waals surface area contributed by atoms with Crippen molar-refractivity contribution in [2.75, 3.05) is 12.9 Å². The van der Waals surface area contributed by atoms with E-state index in [0.717, 1.165) is 4.91 Å². The van der Waals surface area contributed by atoms with E-state index >= 15 is 0 Å². The molecule has 0 saturated heterocycles. The number of hydrogen-bond acceptors (Lipinski definition) is 6. The van der Waals surface area contributed by atoms with Crippen LogP contribution in [0.1, 0.15) is 0 Å². The van der Waals surface area contributed by atoms with Crippen LogP contribution in [-0.2, 0) is 9.53 Å². The van der Waals surface area contributed by atoms with Crippen molar-refractivity contribution < 1.29 is 14.6 Å². The molecule has 0 radical (unpaired) electrons. The fourth-order valence-electron chi connectivity index (χ4n) is 1.26. The zero-order chi connectivity index (χ0) is 12.4. The molecule has 0 aliphatic carbocycles. The van der Waals surface area contributed by atoms with Crippen LogP contribution in [0.25, 0.3) is 0 Å². The number of carbonyl (C=O) groups is 1. The standard InChI is InChI=1S/C10H10N2O3S2/c1-5-3-7(15-2)12-9(17-5)8-11-6(4-16-8)10(13)14/h3,6H,1,4H2,2H3,(H,13,14)/t6-/m1/s1. The second kappa shape index (κ2) is 4.97. The molecule has 0 bridgehead atoms. The van der Waals surface area contributed by atoms with E-state index in [-0.39, 0.29) is 0 Å². The van der Waals surface area contributed by atoms with Gasteiger partial charge in [0.1, 0.15) is 10.1 Å².